The molecule has 0 aliphatic rings. The Morgan fingerprint density at radius 3 is 2.50 bits per heavy atom. The second kappa shape index (κ2) is 6.31. The number of aliphatic carboxylic acids is 1. The van der Waals surface area contributed by atoms with Crippen LogP contribution < -0.4 is 0 Å². The van der Waals surface area contributed by atoms with E-state index >= 15 is 0 Å². The number of ether oxygens (including phenoxy) is 1. The third kappa shape index (κ3) is 4.30. The molecule has 1 aromatic carbocycles. The van der Waals surface area contributed by atoms with Crippen molar-refractivity contribution in [3.63, 3.8) is 0 Å². The van der Waals surface area contributed by atoms with Crippen molar-refractivity contribution in [2.45, 2.75) is 33.0 Å². The average molecular weight is 250 g/mol. The van der Waals surface area contributed by atoms with Crippen molar-refractivity contribution in [1.82, 2.24) is 0 Å². The van der Waals surface area contributed by atoms with Crippen LogP contribution in [0.25, 0.3) is 0 Å². The SMILES string of the molecule is CC(C)(CC(C=O)OCc1ccccc1)C(=O)O. The Morgan fingerprint density at radius 2 is 2.00 bits per heavy atom. The number of benzene rings is 1. The number of rotatable bonds is 7. The molecule has 0 bridgehead atoms. The zero-order chi connectivity index (χ0) is 13.6. The van der Waals surface area contributed by atoms with Crippen LogP contribution in [0.15, 0.2) is 30.3 Å². The first-order chi connectivity index (χ1) is 8.45. The standard InChI is InChI=1S/C14H18O4/c1-14(2,13(16)17)8-12(9-15)18-10-11-6-4-3-5-7-11/h3-7,9,12H,8,10H2,1-2H3,(H,16,17). The Morgan fingerprint density at radius 1 is 1.39 bits per heavy atom. The lowest BCUT2D eigenvalue weighted by molar-refractivity contribution is -0.149. The van der Waals surface area contributed by atoms with Gasteiger partial charge in [0.05, 0.1) is 12.0 Å². The minimum absolute atomic E-state index is 0.165. The van der Waals surface area contributed by atoms with Gasteiger partial charge in [0.1, 0.15) is 12.4 Å². The molecule has 0 saturated carbocycles. The van der Waals surface area contributed by atoms with E-state index in [1.165, 1.54) is 0 Å². The molecule has 0 aliphatic heterocycles. The van der Waals surface area contributed by atoms with E-state index in [0.29, 0.717) is 12.9 Å². The molecule has 0 aromatic heterocycles. The van der Waals surface area contributed by atoms with Gasteiger partial charge in [-0.3, -0.25) is 4.79 Å². The van der Waals surface area contributed by atoms with Gasteiger partial charge in [-0.1, -0.05) is 30.3 Å². The molecule has 0 fully saturated rings. The van der Waals surface area contributed by atoms with Gasteiger partial charge in [0.15, 0.2) is 0 Å². The van der Waals surface area contributed by atoms with Crippen LogP contribution in [0.3, 0.4) is 0 Å². The highest BCUT2D eigenvalue weighted by atomic mass is 16.5. The van der Waals surface area contributed by atoms with Gasteiger partial charge in [-0.15, -0.1) is 0 Å². The lowest BCUT2D eigenvalue weighted by Gasteiger charge is -2.22. The van der Waals surface area contributed by atoms with E-state index in [0.717, 1.165) is 5.56 Å². The molecule has 0 spiro atoms. The Hall–Kier alpha value is -1.68. The van der Waals surface area contributed by atoms with Crippen LogP contribution in [0.1, 0.15) is 25.8 Å². The summed E-state index contributed by atoms with van der Waals surface area (Å²) >= 11 is 0. The molecule has 1 aromatic rings. The van der Waals surface area contributed by atoms with Crippen molar-refractivity contribution < 1.29 is 19.4 Å². The molecule has 0 radical (unpaired) electrons. The molecule has 1 N–H and O–H groups in total. The molecule has 1 rings (SSSR count). The van der Waals surface area contributed by atoms with Crippen LogP contribution in [-0.2, 0) is 20.9 Å². The Labute approximate surface area is 107 Å². The summed E-state index contributed by atoms with van der Waals surface area (Å²) in [6.45, 7) is 3.47. The first kappa shape index (κ1) is 14.4. The van der Waals surface area contributed by atoms with Crippen LogP contribution in [0.2, 0.25) is 0 Å². The summed E-state index contributed by atoms with van der Waals surface area (Å²) in [7, 11) is 0. The topological polar surface area (TPSA) is 63.6 Å². The maximum Gasteiger partial charge on any atom is 0.309 e. The average Bonchev–Trinajstić information content (AvgIpc) is 2.35. The van der Waals surface area contributed by atoms with Gasteiger partial charge in [0.2, 0.25) is 0 Å². The first-order valence-corrected chi connectivity index (χ1v) is 5.80. The molecule has 4 nitrogen and oxygen atoms in total. The minimum Gasteiger partial charge on any atom is -0.481 e. The number of hydrogen-bond donors (Lipinski definition) is 1. The Balaban J connectivity index is 2.53. The van der Waals surface area contributed by atoms with Crippen LogP contribution in [0.5, 0.6) is 0 Å². The van der Waals surface area contributed by atoms with Crippen molar-refractivity contribution in [2.24, 2.45) is 5.41 Å². The number of carboxylic acid groups (broad SMARTS) is 1. The molecule has 0 aliphatic carbocycles. The van der Waals surface area contributed by atoms with Crippen LogP contribution >= 0.6 is 0 Å². The van der Waals surface area contributed by atoms with Crippen molar-refractivity contribution >= 4 is 12.3 Å². The molecular weight excluding hydrogens is 232 g/mol. The Kier molecular flexibility index (Phi) is 5.04. The molecular formula is C14H18O4. The summed E-state index contributed by atoms with van der Waals surface area (Å²) in [5.74, 6) is -0.933. The molecule has 0 saturated heterocycles. The van der Waals surface area contributed by atoms with Crippen molar-refractivity contribution in [1.29, 1.82) is 0 Å². The van der Waals surface area contributed by atoms with Gasteiger partial charge in [-0.05, 0) is 25.8 Å². The normalized spacial score (nSPS) is 13.0. The van der Waals surface area contributed by atoms with E-state index in [9.17, 15) is 9.59 Å². The summed E-state index contributed by atoms with van der Waals surface area (Å²) in [4.78, 5) is 21.9. The van der Waals surface area contributed by atoms with E-state index in [2.05, 4.69) is 0 Å². The second-order valence-electron chi connectivity index (χ2n) is 4.86. The van der Waals surface area contributed by atoms with Crippen molar-refractivity contribution in [3.05, 3.63) is 35.9 Å². The van der Waals surface area contributed by atoms with Crippen LogP contribution in [-0.4, -0.2) is 23.5 Å². The van der Waals surface area contributed by atoms with Crippen molar-refractivity contribution in [3.8, 4) is 0 Å². The highest BCUT2D eigenvalue weighted by molar-refractivity contribution is 5.74. The lowest BCUT2D eigenvalue weighted by Crippen LogP contribution is -2.31. The molecule has 1 atom stereocenters. The molecule has 98 valence electrons. The third-order valence-corrected chi connectivity index (χ3v) is 2.75. The maximum atomic E-state index is 11.0. The number of carbonyl (C=O) groups excluding carboxylic acids is 1. The first-order valence-electron chi connectivity index (χ1n) is 5.80. The molecule has 4 heteroatoms. The van der Waals surface area contributed by atoms with Gasteiger partial charge in [0, 0.05) is 0 Å². The molecule has 0 amide bonds. The summed E-state index contributed by atoms with van der Waals surface area (Å²) in [5, 5.41) is 9.00. The van der Waals surface area contributed by atoms with Gasteiger partial charge in [-0.25, -0.2) is 0 Å². The fourth-order valence-electron chi connectivity index (χ4n) is 1.51. The zero-order valence-corrected chi connectivity index (χ0v) is 10.6. The molecule has 18 heavy (non-hydrogen) atoms. The number of aldehydes is 1. The van der Waals surface area contributed by atoms with Gasteiger partial charge >= 0.3 is 5.97 Å². The van der Waals surface area contributed by atoms with Crippen molar-refractivity contribution in [2.75, 3.05) is 0 Å². The lowest BCUT2D eigenvalue weighted by atomic mass is 9.87. The van der Waals surface area contributed by atoms with Gasteiger partial charge < -0.3 is 14.6 Å². The van der Waals surface area contributed by atoms with Gasteiger partial charge in [0.25, 0.3) is 0 Å². The fourth-order valence-corrected chi connectivity index (χ4v) is 1.51. The summed E-state index contributed by atoms with van der Waals surface area (Å²) < 4.78 is 5.43. The third-order valence-electron chi connectivity index (χ3n) is 2.75. The predicted octanol–water partition coefficient (Wildman–Crippen LogP) is 2.27. The van der Waals surface area contributed by atoms with E-state index in [4.69, 9.17) is 9.84 Å². The largest absolute Gasteiger partial charge is 0.481 e. The van der Waals surface area contributed by atoms with Gasteiger partial charge in [-0.2, -0.15) is 0 Å². The summed E-state index contributed by atoms with van der Waals surface area (Å²) in [6, 6.07) is 9.45. The number of carbonyl (C=O) groups is 2. The monoisotopic (exact) mass is 250 g/mol. The maximum absolute atomic E-state index is 11.0. The summed E-state index contributed by atoms with van der Waals surface area (Å²) in [5.41, 5.74) is -0.0140. The highest BCUT2D eigenvalue weighted by Gasteiger charge is 2.31. The van der Waals surface area contributed by atoms with Crippen LogP contribution in [0, 0.1) is 5.41 Å². The predicted molar refractivity (Wildman–Crippen MR) is 67.1 cm³/mol. The molecule has 0 heterocycles. The molecule has 1 unspecified atom stereocenters. The minimum atomic E-state index is -0.970. The van der Waals surface area contributed by atoms with E-state index in [1.54, 1.807) is 13.8 Å². The number of carboxylic acids is 1. The van der Waals surface area contributed by atoms with Crippen LogP contribution in [0.4, 0.5) is 0 Å². The smallest absolute Gasteiger partial charge is 0.309 e. The fraction of sp³-hybridized carbons (Fsp3) is 0.429. The van der Waals surface area contributed by atoms with E-state index in [1.807, 2.05) is 30.3 Å². The highest BCUT2D eigenvalue weighted by Crippen LogP contribution is 2.23. The van der Waals surface area contributed by atoms with E-state index < -0.39 is 17.5 Å². The second-order valence-corrected chi connectivity index (χ2v) is 4.86. The summed E-state index contributed by atoms with van der Waals surface area (Å²) in [6.07, 6.45) is 0.128. The quantitative estimate of drug-likeness (QED) is 0.754. The van der Waals surface area contributed by atoms with E-state index in [-0.39, 0.29) is 6.42 Å². The Bertz CT molecular complexity index is 398. The number of hydrogen-bond acceptors (Lipinski definition) is 3. The zero-order valence-electron chi connectivity index (χ0n) is 10.6.